The minimum atomic E-state index is -3.32. The molecule has 0 amide bonds. The fraction of sp³-hybridized carbons (Fsp3) is 1.00. The summed E-state index contributed by atoms with van der Waals surface area (Å²) in [6.07, 6.45) is 3.72. The Kier molecular flexibility index (Phi) is 5.37. The average Bonchev–Trinajstić information content (AvgIpc) is 2.25. The van der Waals surface area contributed by atoms with Gasteiger partial charge >= 0.3 is 0 Å². The molecule has 2 N–H and O–H groups in total. The monoisotopic (exact) mass is 263 g/mol. The van der Waals surface area contributed by atoms with Gasteiger partial charge in [-0.1, -0.05) is 6.42 Å². The molecule has 1 rings (SSSR count). The van der Waals surface area contributed by atoms with Gasteiger partial charge in [-0.15, -0.1) is 0 Å². The van der Waals surface area contributed by atoms with Crippen LogP contribution in [0, 0.1) is 0 Å². The van der Waals surface area contributed by atoms with Gasteiger partial charge in [0, 0.05) is 25.7 Å². The summed E-state index contributed by atoms with van der Waals surface area (Å²) in [6, 6.07) is 0.202. The van der Waals surface area contributed by atoms with Crippen LogP contribution in [0.15, 0.2) is 0 Å². The number of nitrogens with zero attached hydrogens (tertiary/aromatic N) is 2. The van der Waals surface area contributed by atoms with Crippen LogP contribution >= 0.6 is 0 Å². The summed E-state index contributed by atoms with van der Waals surface area (Å²) < 4.78 is 27.9. The Hall–Kier alpha value is -0.170. The van der Waals surface area contributed by atoms with Gasteiger partial charge in [-0.2, -0.15) is 17.0 Å². The fourth-order valence-electron chi connectivity index (χ4n) is 2.44. The first kappa shape index (κ1) is 14.9. The van der Waals surface area contributed by atoms with Crippen molar-refractivity contribution in [3.63, 3.8) is 0 Å². The molecule has 1 heterocycles. The molecule has 17 heavy (non-hydrogen) atoms. The lowest BCUT2D eigenvalue weighted by molar-refractivity contribution is 0.191. The first-order valence-corrected chi connectivity index (χ1v) is 7.75. The van der Waals surface area contributed by atoms with Crippen molar-refractivity contribution in [2.45, 2.75) is 51.6 Å². The molecule has 5 nitrogen and oxygen atoms in total. The molecule has 0 bridgehead atoms. The molecule has 1 fully saturated rings. The number of hydrogen-bond acceptors (Lipinski definition) is 3. The largest absolute Gasteiger partial charge is 0.330 e. The van der Waals surface area contributed by atoms with Crippen molar-refractivity contribution in [2.75, 3.05) is 20.1 Å². The van der Waals surface area contributed by atoms with E-state index in [1.54, 1.807) is 11.4 Å². The van der Waals surface area contributed by atoms with Crippen molar-refractivity contribution in [3.05, 3.63) is 0 Å². The second-order valence-electron chi connectivity index (χ2n) is 4.93. The molecular weight excluding hydrogens is 238 g/mol. The van der Waals surface area contributed by atoms with Gasteiger partial charge < -0.3 is 5.73 Å². The first-order chi connectivity index (χ1) is 7.91. The summed E-state index contributed by atoms with van der Waals surface area (Å²) in [6.45, 7) is 4.99. The van der Waals surface area contributed by atoms with Crippen LogP contribution in [0.1, 0.15) is 39.5 Å². The molecule has 1 aliphatic rings. The molecule has 0 aromatic carbocycles. The highest BCUT2D eigenvalue weighted by Gasteiger charge is 2.36. The first-order valence-electron chi connectivity index (χ1n) is 6.36. The molecule has 0 aromatic heterocycles. The smallest absolute Gasteiger partial charge is 0.282 e. The Bertz CT molecular complexity index is 322. The fourth-order valence-corrected chi connectivity index (χ4v) is 4.24. The molecule has 2 unspecified atom stereocenters. The molecular formula is C11H25N3O2S. The van der Waals surface area contributed by atoms with Gasteiger partial charge in [0.1, 0.15) is 0 Å². The van der Waals surface area contributed by atoms with E-state index in [1.165, 1.54) is 4.31 Å². The van der Waals surface area contributed by atoms with E-state index in [2.05, 4.69) is 0 Å². The number of piperidine rings is 1. The van der Waals surface area contributed by atoms with Crippen LogP contribution in [-0.2, 0) is 10.2 Å². The predicted octanol–water partition coefficient (Wildman–Crippen LogP) is 0.775. The molecule has 102 valence electrons. The number of hydrogen-bond donors (Lipinski definition) is 1. The van der Waals surface area contributed by atoms with E-state index in [4.69, 9.17) is 5.73 Å². The van der Waals surface area contributed by atoms with Crippen LogP contribution in [0.3, 0.4) is 0 Å². The zero-order valence-electron chi connectivity index (χ0n) is 11.1. The van der Waals surface area contributed by atoms with E-state index in [9.17, 15) is 8.42 Å². The zero-order valence-corrected chi connectivity index (χ0v) is 11.9. The SMILES string of the molecule is CC1CCCC(C)N1S(=O)(=O)N(C)CCCN. The Morgan fingerprint density at radius 2 is 1.82 bits per heavy atom. The van der Waals surface area contributed by atoms with E-state index < -0.39 is 10.2 Å². The van der Waals surface area contributed by atoms with Crippen molar-refractivity contribution < 1.29 is 8.42 Å². The van der Waals surface area contributed by atoms with Gasteiger partial charge in [-0.05, 0) is 39.7 Å². The third kappa shape index (κ3) is 3.40. The Labute approximate surface area is 105 Å². The van der Waals surface area contributed by atoms with E-state index in [1.807, 2.05) is 13.8 Å². The van der Waals surface area contributed by atoms with E-state index in [0.29, 0.717) is 19.5 Å². The summed E-state index contributed by atoms with van der Waals surface area (Å²) >= 11 is 0. The van der Waals surface area contributed by atoms with Crippen molar-refractivity contribution >= 4 is 10.2 Å². The van der Waals surface area contributed by atoms with Gasteiger partial charge in [0.05, 0.1) is 0 Å². The van der Waals surface area contributed by atoms with Crippen LogP contribution in [0.5, 0.6) is 0 Å². The number of rotatable bonds is 5. The molecule has 0 radical (unpaired) electrons. The van der Waals surface area contributed by atoms with Crippen molar-refractivity contribution in [1.82, 2.24) is 8.61 Å². The second-order valence-corrected chi connectivity index (χ2v) is 6.87. The zero-order chi connectivity index (χ0) is 13.1. The maximum Gasteiger partial charge on any atom is 0.282 e. The van der Waals surface area contributed by atoms with Gasteiger partial charge in [0.25, 0.3) is 10.2 Å². The minimum Gasteiger partial charge on any atom is -0.330 e. The summed E-state index contributed by atoms with van der Waals surface area (Å²) in [4.78, 5) is 0. The second kappa shape index (κ2) is 6.13. The molecule has 1 aliphatic heterocycles. The van der Waals surface area contributed by atoms with Gasteiger partial charge in [0.2, 0.25) is 0 Å². The van der Waals surface area contributed by atoms with E-state index in [0.717, 1.165) is 19.3 Å². The molecule has 0 saturated carbocycles. The molecule has 2 atom stereocenters. The molecule has 1 saturated heterocycles. The standard InChI is InChI=1S/C11H25N3O2S/c1-10-6-4-7-11(2)14(10)17(15,16)13(3)9-5-8-12/h10-11H,4-9,12H2,1-3H3. The van der Waals surface area contributed by atoms with Crippen molar-refractivity contribution in [3.8, 4) is 0 Å². The number of nitrogens with two attached hydrogens (primary N) is 1. The van der Waals surface area contributed by atoms with Crippen LogP contribution in [0.2, 0.25) is 0 Å². The Balaban J connectivity index is 2.80. The topological polar surface area (TPSA) is 66.6 Å². The summed E-state index contributed by atoms with van der Waals surface area (Å²) in [5.74, 6) is 0. The summed E-state index contributed by atoms with van der Waals surface area (Å²) in [7, 11) is -1.68. The lowest BCUT2D eigenvalue weighted by atomic mass is 10.0. The third-order valence-corrected chi connectivity index (χ3v) is 5.67. The van der Waals surface area contributed by atoms with Crippen LogP contribution < -0.4 is 5.73 Å². The summed E-state index contributed by atoms with van der Waals surface area (Å²) in [5.41, 5.74) is 5.42. The predicted molar refractivity (Wildman–Crippen MR) is 69.8 cm³/mol. The Morgan fingerprint density at radius 3 is 2.29 bits per heavy atom. The molecule has 0 spiro atoms. The van der Waals surface area contributed by atoms with Crippen LogP contribution in [0.4, 0.5) is 0 Å². The lowest BCUT2D eigenvalue weighted by Gasteiger charge is -2.39. The summed E-state index contributed by atoms with van der Waals surface area (Å²) in [5, 5.41) is 0. The molecule has 0 aromatic rings. The Morgan fingerprint density at radius 1 is 1.29 bits per heavy atom. The average molecular weight is 263 g/mol. The maximum atomic E-state index is 12.4. The quantitative estimate of drug-likeness (QED) is 0.797. The highest BCUT2D eigenvalue weighted by atomic mass is 32.2. The lowest BCUT2D eigenvalue weighted by Crippen LogP contribution is -2.52. The molecule has 0 aliphatic carbocycles. The van der Waals surface area contributed by atoms with Crippen molar-refractivity contribution in [1.29, 1.82) is 0 Å². The van der Waals surface area contributed by atoms with Gasteiger partial charge in [-0.25, -0.2) is 0 Å². The third-order valence-electron chi connectivity index (χ3n) is 3.45. The maximum absolute atomic E-state index is 12.4. The normalized spacial score (nSPS) is 27.6. The van der Waals surface area contributed by atoms with Gasteiger partial charge in [0.15, 0.2) is 0 Å². The molecule has 6 heteroatoms. The van der Waals surface area contributed by atoms with E-state index >= 15 is 0 Å². The highest BCUT2D eigenvalue weighted by molar-refractivity contribution is 7.86. The van der Waals surface area contributed by atoms with Crippen LogP contribution in [-0.4, -0.2) is 49.2 Å². The van der Waals surface area contributed by atoms with Crippen molar-refractivity contribution in [2.24, 2.45) is 5.73 Å². The van der Waals surface area contributed by atoms with Gasteiger partial charge in [-0.3, -0.25) is 0 Å². The highest BCUT2D eigenvalue weighted by Crippen LogP contribution is 2.26. The van der Waals surface area contributed by atoms with Crippen LogP contribution in [0.25, 0.3) is 0 Å². The minimum absolute atomic E-state index is 0.101. The van der Waals surface area contributed by atoms with E-state index in [-0.39, 0.29) is 12.1 Å².